The van der Waals surface area contributed by atoms with Crippen molar-refractivity contribution in [1.82, 2.24) is 15.1 Å². The number of hydrogen-bond acceptors (Lipinski definition) is 5. The van der Waals surface area contributed by atoms with Crippen molar-refractivity contribution in [3.8, 4) is 0 Å². The molecule has 0 aromatic carbocycles. The van der Waals surface area contributed by atoms with Crippen LogP contribution in [-0.2, 0) is 14.3 Å². The fourth-order valence-corrected chi connectivity index (χ4v) is 5.03. The monoisotopic (exact) mass is 380 g/mol. The van der Waals surface area contributed by atoms with Crippen LogP contribution in [0.5, 0.6) is 0 Å². The molecule has 0 amide bonds. The molecule has 7 nitrogen and oxygen atoms in total. The zero-order valence-corrected chi connectivity index (χ0v) is 17.2. The van der Waals surface area contributed by atoms with Crippen molar-refractivity contribution in [3.63, 3.8) is 0 Å². The topological polar surface area (TPSA) is 66.4 Å². The minimum atomic E-state index is -0.113. The first-order valence-corrected chi connectivity index (χ1v) is 10.5. The molecule has 1 aliphatic carbocycles. The van der Waals surface area contributed by atoms with Crippen molar-refractivity contribution in [3.05, 3.63) is 0 Å². The van der Waals surface area contributed by atoms with Crippen LogP contribution in [0.2, 0.25) is 0 Å². The molecular formula is C20H36N4O3. The molecule has 0 spiro atoms. The van der Waals surface area contributed by atoms with Crippen LogP contribution in [0.15, 0.2) is 4.99 Å². The van der Waals surface area contributed by atoms with Gasteiger partial charge in [0, 0.05) is 45.3 Å². The Hall–Kier alpha value is -1.34. The number of carbonyl (C=O) groups is 1. The number of likely N-dealkylation sites (tertiary alicyclic amines) is 1. The molecule has 1 saturated carbocycles. The molecule has 3 rings (SSSR count). The van der Waals surface area contributed by atoms with Crippen molar-refractivity contribution >= 4 is 11.9 Å². The Morgan fingerprint density at radius 1 is 1.22 bits per heavy atom. The van der Waals surface area contributed by atoms with Crippen LogP contribution in [-0.4, -0.2) is 87.4 Å². The highest BCUT2D eigenvalue weighted by Crippen LogP contribution is 2.34. The lowest BCUT2D eigenvalue weighted by Gasteiger charge is -2.48. The molecule has 1 N–H and O–H groups in total. The molecule has 2 atom stereocenters. The molecule has 2 aliphatic heterocycles. The van der Waals surface area contributed by atoms with E-state index in [0.29, 0.717) is 6.54 Å². The lowest BCUT2D eigenvalue weighted by atomic mass is 9.80. The van der Waals surface area contributed by atoms with E-state index in [2.05, 4.69) is 27.0 Å². The number of nitrogens with zero attached hydrogens (tertiary/aromatic N) is 3. The molecule has 0 radical (unpaired) electrons. The predicted molar refractivity (Wildman–Crippen MR) is 106 cm³/mol. The zero-order chi connectivity index (χ0) is 19.3. The van der Waals surface area contributed by atoms with E-state index in [-0.39, 0.29) is 23.3 Å². The molecule has 27 heavy (non-hydrogen) atoms. The fraction of sp³-hybridized carbons (Fsp3) is 0.900. The highest BCUT2D eigenvalue weighted by molar-refractivity contribution is 5.82. The van der Waals surface area contributed by atoms with Gasteiger partial charge in [-0.25, -0.2) is 0 Å². The molecule has 0 aromatic rings. The Morgan fingerprint density at radius 3 is 2.56 bits per heavy atom. The summed E-state index contributed by atoms with van der Waals surface area (Å²) in [6, 6.07) is 0. The third-order valence-electron chi connectivity index (χ3n) is 6.67. The van der Waals surface area contributed by atoms with Crippen LogP contribution in [0.25, 0.3) is 0 Å². The molecule has 2 unspecified atom stereocenters. The van der Waals surface area contributed by atoms with E-state index >= 15 is 0 Å². The Kier molecular flexibility index (Phi) is 6.98. The van der Waals surface area contributed by atoms with Gasteiger partial charge in [-0.1, -0.05) is 26.2 Å². The van der Waals surface area contributed by atoms with Crippen LogP contribution >= 0.6 is 0 Å². The second-order valence-corrected chi connectivity index (χ2v) is 8.30. The van der Waals surface area contributed by atoms with E-state index in [1.165, 1.54) is 39.2 Å². The van der Waals surface area contributed by atoms with Crippen LogP contribution in [0.4, 0.5) is 0 Å². The van der Waals surface area contributed by atoms with E-state index in [1.54, 1.807) is 0 Å². The number of ether oxygens (including phenoxy) is 2. The molecule has 3 fully saturated rings. The molecule has 7 heteroatoms. The number of morpholine rings is 1. The SMILES string of the molecule is CN=C(NCC1(N2CCOCC2)CCCCC1)N1CC(C)C(C(=O)OC)C1. The molecule has 0 aromatic heterocycles. The van der Waals surface area contributed by atoms with E-state index in [1.807, 2.05) is 7.05 Å². The van der Waals surface area contributed by atoms with Gasteiger partial charge in [-0.2, -0.15) is 0 Å². The van der Waals surface area contributed by atoms with Crippen LogP contribution < -0.4 is 5.32 Å². The van der Waals surface area contributed by atoms with Gasteiger partial charge in [0.05, 0.1) is 26.2 Å². The smallest absolute Gasteiger partial charge is 0.310 e. The number of methoxy groups -OCH3 is 1. The van der Waals surface area contributed by atoms with E-state index in [9.17, 15) is 4.79 Å². The largest absolute Gasteiger partial charge is 0.469 e. The van der Waals surface area contributed by atoms with Gasteiger partial charge in [0.15, 0.2) is 5.96 Å². The summed E-state index contributed by atoms with van der Waals surface area (Å²) < 4.78 is 10.6. The third kappa shape index (κ3) is 4.57. The Bertz CT molecular complexity index is 527. The predicted octanol–water partition coefficient (Wildman–Crippen LogP) is 1.34. The van der Waals surface area contributed by atoms with Crippen molar-refractivity contribution in [2.45, 2.75) is 44.6 Å². The van der Waals surface area contributed by atoms with Crippen LogP contribution in [0, 0.1) is 11.8 Å². The van der Waals surface area contributed by atoms with Gasteiger partial charge >= 0.3 is 5.97 Å². The quantitative estimate of drug-likeness (QED) is 0.451. The average Bonchev–Trinajstić information content (AvgIpc) is 3.10. The maximum atomic E-state index is 12.0. The third-order valence-corrected chi connectivity index (χ3v) is 6.67. The maximum absolute atomic E-state index is 12.0. The zero-order valence-electron chi connectivity index (χ0n) is 17.2. The number of aliphatic imine (C=N–C) groups is 1. The van der Waals surface area contributed by atoms with E-state index in [0.717, 1.165) is 45.4 Å². The minimum Gasteiger partial charge on any atom is -0.469 e. The van der Waals surface area contributed by atoms with Crippen molar-refractivity contribution in [1.29, 1.82) is 0 Å². The molecule has 154 valence electrons. The van der Waals surface area contributed by atoms with E-state index < -0.39 is 0 Å². The molecule has 0 bridgehead atoms. The van der Waals surface area contributed by atoms with Crippen LogP contribution in [0.3, 0.4) is 0 Å². The number of esters is 1. The first kappa shape index (κ1) is 20.4. The number of rotatable bonds is 4. The normalized spacial score (nSPS) is 29.6. The molecule has 2 heterocycles. The Labute approximate surface area is 163 Å². The van der Waals surface area contributed by atoms with Gasteiger partial charge in [-0.3, -0.25) is 14.7 Å². The summed E-state index contributed by atoms with van der Waals surface area (Å²) in [5.74, 6) is 0.999. The highest BCUT2D eigenvalue weighted by Gasteiger charge is 2.40. The number of guanidine groups is 1. The minimum absolute atomic E-state index is 0.0727. The summed E-state index contributed by atoms with van der Waals surface area (Å²) in [6.45, 7) is 8.25. The number of nitrogens with one attached hydrogen (secondary N) is 1. The Balaban J connectivity index is 1.64. The highest BCUT2D eigenvalue weighted by atomic mass is 16.5. The molecule has 2 saturated heterocycles. The van der Waals surface area contributed by atoms with Gasteiger partial charge < -0.3 is 19.7 Å². The number of carbonyl (C=O) groups excluding carboxylic acids is 1. The van der Waals surface area contributed by atoms with Crippen molar-refractivity contribution in [2.75, 3.05) is 60.1 Å². The van der Waals surface area contributed by atoms with E-state index in [4.69, 9.17) is 9.47 Å². The lowest BCUT2D eigenvalue weighted by molar-refractivity contribution is -0.145. The maximum Gasteiger partial charge on any atom is 0.310 e. The Morgan fingerprint density at radius 2 is 1.93 bits per heavy atom. The second-order valence-electron chi connectivity index (χ2n) is 8.30. The fourth-order valence-electron chi connectivity index (χ4n) is 5.03. The molecule has 3 aliphatic rings. The van der Waals surface area contributed by atoms with Crippen molar-refractivity contribution < 1.29 is 14.3 Å². The first-order chi connectivity index (χ1) is 13.1. The summed E-state index contributed by atoms with van der Waals surface area (Å²) in [5.41, 5.74) is 0.199. The number of hydrogen-bond donors (Lipinski definition) is 1. The van der Waals surface area contributed by atoms with Gasteiger partial charge in [0.1, 0.15) is 0 Å². The molecular weight excluding hydrogens is 344 g/mol. The van der Waals surface area contributed by atoms with Gasteiger partial charge in [0.25, 0.3) is 0 Å². The average molecular weight is 381 g/mol. The first-order valence-electron chi connectivity index (χ1n) is 10.5. The lowest BCUT2D eigenvalue weighted by Crippen LogP contribution is -2.60. The summed E-state index contributed by atoms with van der Waals surface area (Å²) in [7, 11) is 3.31. The van der Waals surface area contributed by atoms with Gasteiger partial charge in [-0.15, -0.1) is 0 Å². The summed E-state index contributed by atoms with van der Waals surface area (Å²) in [6.07, 6.45) is 6.40. The van der Waals surface area contributed by atoms with Crippen LogP contribution in [0.1, 0.15) is 39.0 Å². The summed E-state index contributed by atoms with van der Waals surface area (Å²) >= 11 is 0. The van der Waals surface area contributed by atoms with Gasteiger partial charge in [0.2, 0.25) is 0 Å². The second kappa shape index (κ2) is 9.24. The van der Waals surface area contributed by atoms with Gasteiger partial charge in [-0.05, 0) is 18.8 Å². The summed E-state index contributed by atoms with van der Waals surface area (Å²) in [5, 5.41) is 3.66. The standard InChI is InChI=1S/C20H36N4O3/c1-16-13-23(14-17(16)18(25)26-3)19(21-2)22-15-20(7-5-4-6-8-20)24-9-11-27-12-10-24/h16-17H,4-15H2,1-3H3,(H,21,22). The summed E-state index contributed by atoms with van der Waals surface area (Å²) in [4.78, 5) is 21.4. The van der Waals surface area contributed by atoms with Crippen molar-refractivity contribution in [2.24, 2.45) is 16.8 Å².